The number of ether oxygens (including phenoxy) is 1. The van der Waals surface area contributed by atoms with Crippen LogP contribution in [0.2, 0.25) is 0 Å². The van der Waals surface area contributed by atoms with Crippen LogP contribution < -0.4 is 10.1 Å². The zero-order valence-electron chi connectivity index (χ0n) is 13.1. The first-order valence-electron chi connectivity index (χ1n) is 8.14. The van der Waals surface area contributed by atoms with E-state index >= 15 is 0 Å². The van der Waals surface area contributed by atoms with Crippen molar-refractivity contribution in [2.45, 2.75) is 45.3 Å². The number of hydrogen-bond donors (Lipinski definition) is 1. The summed E-state index contributed by atoms with van der Waals surface area (Å²) in [4.78, 5) is 17.4. The van der Waals surface area contributed by atoms with Crippen LogP contribution >= 0.6 is 0 Å². The second-order valence-electron chi connectivity index (χ2n) is 6.07. The smallest absolute Gasteiger partial charge is 0.221 e. The number of fused-ring (bicyclic) bond motifs is 1. The Labute approximate surface area is 131 Å². The summed E-state index contributed by atoms with van der Waals surface area (Å²) in [7, 11) is 0. The second-order valence-corrected chi connectivity index (χ2v) is 6.07. The molecule has 22 heavy (non-hydrogen) atoms. The molecule has 1 fully saturated rings. The average Bonchev–Trinajstić information content (AvgIpc) is 2.91. The monoisotopic (exact) mass is 304 g/mol. The molecule has 0 aliphatic carbocycles. The lowest BCUT2D eigenvalue weighted by Crippen LogP contribution is -2.34. The first-order chi connectivity index (χ1) is 10.7. The molecule has 2 heterocycles. The lowest BCUT2D eigenvalue weighted by atomic mass is 10.1. The van der Waals surface area contributed by atoms with Crippen molar-refractivity contribution < 1.29 is 14.4 Å². The number of benzene rings is 1. The maximum atomic E-state index is 11.9. The van der Waals surface area contributed by atoms with Crippen LogP contribution in [-0.2, 0) is 22.6 Å². The molecule has 0 radical (unpaired) electrons. The highest BCUT2D eigenvalue weighted by atomic mass is 16.7. The van der Waals surface area contributed by atoms with Crippen LogP contribution in [0.5, 0.6) is 5.75 Å². The van der Waals surface area contributed by atoms with Gasteiger partial charge in [0.15, 0.2) is 0 Å². The molecule has 3 rings (SSSR count). The van der Waals surface area contributed by atoms with Gasteiger partial charge in [-0.2, -0.15) is 5.06 Å². The van der Waals surface area contributed by atoms with Gasteiger partial charge in [-0.05, 0) is 37.0 Å². The molecule has 1 atom stereocenters. The third-order valence-corrected chi connectivity index (χ3v) is 4.11. The van der Waals surface area contributed by atoms with Gasteiger partial charge in [0.25, 0.3) is 0 Å². The van der Waals surface area contributed by atoms with Gasteiger partial charge in [0.1, 0.15) is 11.9 Å². The van der Waals surface area contributed by atoms with Crippen molar-refractivity contribution in [2.24, 2.45) is 0 Å². The Kier molecular flexibility index (Phi) is 4.95. The third-order valence-electron chi connectivity index (χ3n) is 4.11. The number of carbonyl (C=O) groups is 1. The summed E-state index contributed by atoms with van der Waals surface area (Å²) in [5, 5.41) is 4.88. The van der Waals surface area contributed by atoms with E-state index in [0.717, 1.165) is 43.7 Å². The van der Waals surface area contributed by atoms with E-state index in [1.807, 2.05) is 17.2 Å². The Morgan fingerprint density at radius 2 is 2.32 bits per heavy atom. The minimum Gasteiger partial charge on any atom is -0.490 e. The summed E-state index contributed by atoms with van der Waals surface area (Å²) in [5.41, 5.74) is 2.36. The standard InChI is InChI=1S/C17H24N2O3/c1-13-10-15-11-14(4-5-16(15)22-13)12-18-17(20)6-8-19-7-2-3-9-21-19/h4-5,11,13H,2-3,6-10,12H2,1H3,(H,18,20)/t13-/m1/s1. The third kappa shape index (κ3) is 3.99. The molecule has 0 unspecified atom stereocenters. The molecule has 1 aromatic carbocycles. The molecular formula is C17H24N2O3. The molecule has 2 aliphatic rings. The van der Waals surface area contributed by atoms with E-state index < -0.39 is 0 Å². The second kappa shape index (κ2) is 7.11. The van der Waals surface area contributed by atoms with Crippen LogP contribution in [0.1, 0.15) is 37.3 Å². The topological polar surface area (TPSA) is 50.8 Å². The fourth-order valence-corrected chi connectivity index (χ4v) is 2.93. The highest BCUT2D eigenvalue weighted by Gasteiger charge is 2.19. The first-order valence-corrected chi connectivity index (χ1v) is 8.14. The summed E-state index contributed by atoms with van der Waals surface area (Å²) in [6, 6.07) is 6.15. The number of nitrogens with zero attached hydrogens (tertiary/aromatic N) is 1. The first kappa shape index (κ1) is 15.3. The molecule has 120 valence electrons. The molecular weight excluding hydrogens is 280 g/mol. The van der Waals surface area contributed by atoms with Crippen molar-refractivity contribution in [3.8, 4) is 5.75 Å². The average molecular weight is 304 g/mol. The highest BCUT2D eigenvalue weighted by Crippen LogP contribution is 2.29. The summed E-state index contributed by atoms with van der Waals surface area (Å²) in [6.07, 6.45) is 3.94. The minimum absolute atomic E-state index is 0.0688. The summed E-state index contributed by atoms with van der Waals surface area (Å²) < 4.78 is 5.69. The van der Waals surface area contributed by atoms with E-state index in [2.05, 4.69) is 18.3 Å². The van der Waals surface area contributed by atoms with E-state index in [1.165, 1.54) is 5.56 Å². The van der Waals surface area contributed by atoms with E-state index in [4.69, 9.17) is 9.57 Å². The molecule has 1 saturated heterocycles. The summed E-state index contributed by atoms with van der Waals surface area (Å²) >= 11 is 0. The molecule has 5 heteroatoms. The molecule has 0 aromatic heterocycles. The zero-order chi connectivity index (χ0) is 15.4. The van der Waals surface area contributed by atoms with Gasteiger partial charge >= 0.3 is 0 Å². The van der Waals surface area contributed by atoms with Gasteiger partial charge in [-0.3, -0.25) is 9.63 Å². The SMILES string of the molecule is C[C@@H]1Cc2cc(CNC(=O)CCN3CCCCO3)ccc2O1. The number of nitrogens with one attached hydrogen (secondary N) is 1. The van der Waals surface area contributed by atoms with Crippen LogP contribution in [0.25, 0.3) is 0 Å². The zero-order valence-corrected chi connectivity index (χ0v) is 13.1. The highest BCUT2D eigenvalue weighted by molar-refractivity contribution is 5.76. The Bertz CT molecular complexity index is 527. The van der Waals surface area contributed by atoms with Gasteiger partial charge in [0, 0.05) is 32.5 Å². The molecule has 1 N–H and O–H groups in total. The number of carbonyl (C=O) groups excluding carboxylic acids is 1. The van der Waals surface area contributed by atoms with Crippen molar-refractivity contribution in [3.63, 3.8) is 0 Å². The van der Waals surface area contributed by atoms with E-state index in [-0.39, 0.29) is 12.0 Å². The van der Waals surface area contributed by atoms with Crippen molar-refractivity contribution in [1.82, 2.24) is 10.4 Å². The Hall–Kier alpha value is -1.59. The molecule has 1 amide bonds. The van der Waals surface area contributed by atoms with Crippen molar-refractivity contribution >= 4 is 5.91 Å². The van der Waals surface area contributed by atoms with Crippen molar-refractivity contribution in [3.05, 3.63) is 29.3 Å². The minimum atomic E-state index is 0.0688. The quantitative estimate of drug-likeness (QED) is 0.904. The van der Waals surface area contributed by atoms with Gasteiger partial charge in [0.2, 0.25) is 5.91 Å². The maximum absolute atomic E-state index is 11.9. The number of amides is 1. The Balaban J connectivity index is 1.42. The number of hydrogen-bond acceptors (Lipinski definition) is 4. The largest absolute Gasteiger partial charge is 0.490 e. The van der Waals surface area contributed by atoms with Gasteiger partial charge in [-0.25, -0.2) is 0 Å². The molecule has 5 nitrogen and oxygen atoms in total. The predicted molar refractivity (Wildman–Crippen MR) is 83.5 cm³/mol. The number of rotatable bonds is 5. The predicted octanol–water partition coefficient (Wildman–Crippen LogP) is 2.04. The normalized spacial score (nSPS) is 21.2. The van der Waals surface area contributed by atoms with Gasteiger partial charge in [0.05, 0.1) is 6.61 Å². The fourth-order valence-electron chi connectivity index (χ4n) is 2.93. The molecule has 0 saturated carbocycles. The lowest BCUT2D eigenvalue weighted by molar-refractivity contribution is -0.181. The molecule has 2 aliphatic heterocycles. The fraction of sp³-hybridized carbons (Fsp3) is 0.588. The van der Waals surface area contributed by atoms with Crippen LogP contribution in [0, 0.1) is 0 Å². The van der Waals surface area contributed by atoms with Gasteiger partial charge in [-0.15, -0.1) is 0 Å². The van der Waals surface area contributed by atoms with Crippen LogP contribution in [0.4, 0.5) is 0 Å². The van der Waals surface area contributed by atoms with E-state index in [0.29, 0.717) is 19.5 Å². The van der Waals surface area contributed by atoms with Gasteiger partial charge < -0.3 is 10.1 Å². The molecule has 0 spiro atoms. The van der Waals surface area contributed by atoms with Crippen molar-refractivity contribution in [1.29, 1.82) is 0 Å². The van der Waals surface area contributed by atoms with E-state index in [1.54, 1.807) is 0 Å². The van der Waals surface area contributed by atoms with Crippen LogP contribution in [0.3, 0.4) is 0 Å². The van der Waals surface area contributed by atoms with Crippen LogP contribution in [-0.4, -0.2) is 36.8 Å². The molecule has 0 bridgehead atoms. The maximum Gasteiger partial charge on any atom is 0.221 e. The van der Waals surface area contributed by atoms with Gasteiger partial charge in [-0.1, -0.05) is 12.1 Å². The van der Waals surface area contributed by atoms with Crippen molar-refractivity contribution in [2.75, 3.05) is 19.7 Å². The van der Waals surface area contributed by atoms with E-state index in [9.17, 15) is 4.79 Å². The molecule has 1 aromatic rings. The lowest BCUT2D eigenvalue weighted by Gasteiger charge is -2.25. The number of hydroxylamine groups is 2. The van der Waals surface area contributed by atoms with Crippen LogP contribution in [0.15, 0.2) is 18.2 Å². The summed E-state index contributed by atoms with van der Waals surface area (Å²) in [5.74, 6) is 1.05. The Morgan fingerprint density at radius 1 is 1.41 bits per heavy atom. The Morgan fingerprint density at radius 3 is 3.14 bits per heavy atom. The summed E-state index contributed by atoms with van der Waals surface area (Å²) in [6.45, 7) is 5.01.